The van der Waals surface area contributed by atoms with Gasteiger partial charge in [-0.2, -0.15) is 0 Å². The topological polar surface area (TPSA) is 59.1 Å². The number of ether oxygens (including phenoxy) is 1. The first-order chi connectivity index (χ1) is 7.30. The molecule has 0 aliphatic carbocycles. The van der Waals surface area contributed by atoms with Gasteiger partial charge in [-0.05, 0) is 6.42 Å². The molecule has 5 nitrogen and oxygen atoms in total. The maximum absolute atomic E-state index is 5.10. The van der Waals surface area contributed by atoms with Gasteiger partial charge in [0.05, 0.1) is 25.0 Å². The lowest BCUT2D eigenvalue weighted by Crippen LogP contribution is -2.24. The molecule has 0 saturated carbocycles. The third-order valence-electron chi connectivity index (χ3n) is 2.10. The molecule has 2 N–H and O–H groups in total. The molecule has 1 aromatic heterocycles. The standard InChI is InChI=1S/C10H18N4O/c1-4-8(7-15-3)13-10-6-12-5-9(11-2)14-10/h5-6,8H,4,7H2,1-3H3,(H2,11,13,14). The third-order valence-corrected chi connectivity index (χ3v) is 2.10. The minimum atomic E-state index is 0.274. The van der Waals surface area contributed by atoms with E-state index in [9.17, 15) is 0 Å². The Hall–Kier alpha value is -1.36. The summed E-state index contributed by atoms with van der Waals surface area (Å²) in [4.78, 5) is 8.40. The molecule has 0 aromatic carbocycles. The van der Waals surface area contributed by atoms with Crippen LogP contribution in [0.3, 0.4) is 0 Å². The van der Waals surface area contributed by atoms with Gasteiger partial charge in [-0.25, -0.2) is 4.98 Å². The fourth-order valence-electron chi connectivity index (χ4n) is 1.23. The van der Waals surface area contributed by atoms with Gasteiger partial charge in [0.1, 0.15) is 11.6 Å². The van der Waals surface area contributed by atoms with E-state index in [-0.39, 0.29) is 6.04 Å². The van der Waals surface area contributed by atoms with Crippen LogP contribution in [-0.2, 0) is 4.74 Å². The molecule has 0 bridgehead atoms. The molecule has 1 rings (SSSR count). The molecule has 84 valence electrons. The Labute approximate surface area is 90.3 Å². The maximum atomic E-state index is 5.10. The minimum Gasteiger partial charge on any atom is -0.383 e. The van der Waals surface area contributed by atoms with Crippen molar-refractivity contribution < 1.29 is 4.74 Å². The fourth-order valence-corrected chi connectivity index (χ4v) is 1.23. The second kappa shape index (κ2) is 6.19. The van der Waals surface area contributed by atoms with E-state index < -0.39 is 0 Å². The van der Waals surface area contributed by atoms with E-state index >= 15 is 0 Å². The number of nitrogens with one attached hydrogen (secondary N) is 2. The third kappa shape index (κ3) is 3.71. The smallest absolute Gasteiger partial charge is 0.147 e. The SMILES string of the molecule is CCC(COC)Nc1cncc(NC)n1. The lowest BCUT2D eigenvalue weighted by atomic mass is 10.2. The van der Waals surface area contributed by atoms with Crippen molar-refractivity contribution in [2.45, 2.75) is 19.4 Å². The molecule has 0 saturated heterocycles. The van der Waals surface area contributed by atoms with E-state index in [1.54, 1.807) is 19.5 Å². The van der Waals surface area contributed by atoms with Crippen molar-refractivity contribution in [1.82, 2.24) is 9.97 Å². The molecular weight excluding hydrogens is 192 g/mol. The van der Waals surface area contributed by atoms with Crippen LogP contribution >= 0.6 is 0 Å². The van der Waals surface area contributed by atoms with Gasteiger partial charge in [-0.15, -0.1) is 0 Å². The molecule has 0 spiro atoms. The molecule has 0 amide bonds. The molecule has 1 unspecified atom stereocenters. The van der Waals surface area contributed by atoms with E-state index in [4.69, 9.17) is 4.74 Å². The van der Waals surface area contributed by atoms with Crippen LogP contribution < -0.4 is 10.6 Å². The number of hydrogen-bond acceptors (Lipinski definition) is 5. The summed E-state index contributed by atoms with van der Waals surface area (Å²) in [6.45, 7) is 2.77. The van der Waals surface area contributed by atoms with Crippen molar-refractivity contribution in [2.24, 2.45) is 0 Å². The van der Waals surface area contributed by atoms with Crippen LogP contribution in [0.2, 0.25) is 0 Å². The summed E-state index contributed by atoms with van der Waals surface area (Å²) in [5.41, 5.74) is 0. The Bertz CT molecular complexity index is 293. The highest BCUT2D eigenvalue weighted by atomic mass is 16.5. The van der Waals surface area contributed by atoms with Gasteiger partial charge in [0.2, 0.25) is 0 Å². The Morgan fingerprint density at radius 1 is 1.40 bits per heavy atom. The van der Waals surface area contributed by atoms with Crippen molar-refractivity contribution in [2.75, 3.05) is 31.4 Å². The number of aromatic nitrogens is 2. The highest BCUT2D eigenvalue weighted by Crippen LogP contribution is 2.08. The fraction of sp³-hybridized carbons (Fsp3) is 0.600. The number of hydrogen-bond donors (Lipinski definition) is 2. The zero-order chi connectivity index (χ0) is 11.1. The largest absolute Gasteiger partial charge is 0.383 e. The van der Waals surface area contributed by atoms with E-state index in [1.807, 2.05) is 7.05 Å². The highest BCUT2D eigenvalue weighted by molar-refractivity contribution is 5.41. The molecule has 1 heterocycles. The zero-order valence-electron chi connectivity index (χ0n) is 9.45. The van der Waals surface area contributed by atoms with Crippen LogP contribution in [0.15, 0.2) is 12.4 Å². The van der Waals surface area contributed by atoms with Crippen LogP contribution in [-0.4, -0.2) is 36.8 Å². The summed E-state index contributed by atoms with van der Waals surface area (Å²) >= 11 is 0. The lowest BCUT2D eigenvalue weighted by molar-refractivity contribution is 0.184. The number of rotatable bonds is 6. The van der Waals surface area contributed by atoms with E-state index in [2.05, 4.69) is 27.5 Å². The maximum Gasteiger partial charge on any atom is 0.147 e. The first-order valence-electron chi connectivity index (χ1n) is 5.05. The molecule has 0 aliphatic heterocycles. The van der Waals surface area contributed by atoms with Crippen molar-refractivity contribution in [3.8, 4) is 0 Å². The van der Waals surface area contributed by atoms with Crippen molar-refractivity contribution in [1.29, 1.82) is 0 Å². The summed E-state index contributed by atoms with van der Waals surface area (Å²) in [5.74, 6) is 1.53. The first kappa shape index (κ1) is 11.7. The Balaban J connectivity index is 2.61. The predicted molar refractivity (Wildman–Crippen MR) is 61.2 cm³/mol. The van der Waals surface area contributed by atoms with Gasteiger partial charge in [0.25, 0.3) is 0 Å². The quantitative estimate of drug-likeness (QED) is 0.742. The van der Waals surface area contributed by atoms with E-state index in [0.29, 0.717) is 6.61 Å². The molecule has 0 aliphatic rings. The van der Waals surface area contributed by atoms with Crippen molar-refractivity contribution in [3.05, 3.63) is 12.4 Å². The molecular formula is C10H18N4O. The van der Waals surface area contributed by atoms with Crippen LogP contribution in [0.25, 0.3) is 0 Å². The van der Waals surface area contributed by atoms with Crippen LogP contribution in [0.5, 0.6) is 0 Å². The summed E-state index contributed by atoms with van der Waals surface area (Å²) in [7, 11) is 3.51. The van der Waals surface area contributed by atoms with Crippen LogP contribution in [0, 0.1) is 0 Å². The van der Waals surface area contributed by atoms with Gasteiger partial charge in [-0.1, -0.05) is 6.92 Å². The molecule has 15 heavy (non-hydrogen) atoms. The van der Waals surface area contributed by atoms with Crippen LogP contribution in [0.4, 0.5) is 11.6 Å². The van der Waals surface area contributed by atoms with Gasteiger partial charge in [-0.3, -0.25) is 4.98 Å². The van der Waals surface area contributed by atoms with Gasteiger partial charge in [0.15, 0.2) is 0 Å². The Kier molecular flexibility index (Phi) is 4.83. The average Bonchev–Trinajstić information content (AvgIpc) is 2.29. The molecule has 1 atom stereocenters. The normalized spacial score (nSPS) is 12.2. The van der Waals surface area contributed by atoms with Crippen molar-refractivity contribution >= 4 is 11.6 Å². The van der Waals surface area contributed by atoms with Crippen LogP contribution in [0.1, 0.15) is 13.3 Å². The lowest BCUT2D eigenvalue weighted by Gasteiger charge is -2.16. The highest BCUT2D eigenvalue weighted by Gasteiger charge is 2.06. The van der Waals surface area contributed by atoms with E-state index in [0.717, 1.165) is 18.1 Å². The number of anilines is 2. The first-order valence-corrected chi connectivity index (χ1v) is 5.05. The summed E-state index contributed by atoms with van der Waals surface area (Å²) in [5, 5.41) is 6.21. The number of methoxy groups -OCH3 is 1. The summed E-state index contributed by atoms with van der Waals surface area (Å²) in [6.07, 6.45) is 4.38. The second-order valence-corrected chi connectivity index (χ2v) is 3.24. The Morgan fingerprint density at radius 3 is 2.73 bits per heavy atom. The second-order valence-electron chi connectivity index (χ2n) is 3.24. The summed E-state index contributed by atoms with van der Waals surface area (Å²) in [6, 6.07) is 0.274. The van der Waals surface area contributed by atoms with Gasteiger partial charge in [0, 0.05) is 14.2 Å². The number of nitrogens with zero attached hydrogens (tertiary/aromatic N) is 2. The average molecular weight is 210 g/mol. The molecule has 0 radical (unpaired) electrons. The molecule has 1 aromatic rings. The molecule has 5 heteroatoms. The predicted octanol–water partition coefficient (Wildman–Crippen LogP) is 1.36. The molecule has 0 fully saturated rings. The minimum absolute atomic E-state index is 0.274. The summed E-state index contributed by atoms with van der Waals surface area (Å²) < 4.78 is 5.10. The van der Waals surface area contributed by atoms with Gasteiger partial charge >= 0.3 is 0 Å². The van der Waals surface area contributed by atoms with E-state index in [1.165, 1.54) is 0 Å². The Morgan fingerprint density at radius 2 is 2.13 bits per heavy atom. The van der Waals surface area contributed by atoms with Gasteiger partial charge < -0.3 is 15.4 Å². The van der Waals surface area contributed by atoms with Crippen molar-refractivity contribution in [3.63, 3.8) is 0 Å². The monoisotopic (exact) mass is 210 g/mol. The zero-order valence-corrected chi connectivity index (χ0v) is 9.45.